The Kier molecular flexibility index (Phi) is 4.35. The van der Waals surface area contributed by atoms with Gasteiger partial charge in [-0.3, -0.25) is 0 Å². The van der Waals surface area contributed by atoms with E-state index in [1.807, 2.05) is 0 Å². The van der Waals surface area contributed by atoms with Crippen molar-refractivity contribution in [3.05, 3.63) is 35.1 Å². The van der Waals surface area contributed by atoms with E-state index in [0.717, 1.165) is 13.2 Å². The normalized spacial score (nSPS) is 12.3. The molecule has 0 amide bonds. The van der Waals surface area contributed by atoms with Crippen LogP contribution in [0.4, 0.5) is 4.39 Å². The molecule has 0 fully saturated rings. The Morgan fingerprint density at radius 3 is 2.32 bits per heavy atom. The van der Waals surface area contributed by atoms with Gasteiger partial charge in [0.25, 0.3) is 0 Å². The molecule has 0 radical (unpaired) electrons. The number of esters is 1. The molecule has 19 heavy (non-hydrogen) atoms. The molecule has 1 rings (SSSR count). The molecule has 0 saturated heterocycles. The van der Waals surface area contributed by atoms with E-state index in [1.54, 1.807) is 20.8 Å². The molecule has 4 nitrogen and oxygen atoms in total. The van der Waals surface area contributed by atoms with E-state index in [0.29, 0.717) is 5.56 Å². The maximum Gasteiger partial charge on any atom is 0.340 e. The SMILES string of the molecule is COC(=O)c1ccc(CS(=O)(=O)C(C)(C)C)cc1F. The molecule has 0 bridgehead atoms. The van der Waals surface area contributed by atoms with Gasteiger partial charge in [0.2, 0.25) is 0 Å². The summed E-state index contributed by atoms with van der Waals surface area (Å²) in [5.41, 5.74) is 0.0967. The first-order valence-corrected chi connectivity index (χ1v) is 7.33. The van der Waals surface area contributed by atoms with Crippen LogP contribution in [0.1, 0.15) is 36.7 Å². The highest BCUT2D eigenvalue weighted by atomic mass is 32.2. The summed E-state index contributed by atoms with van der Waals surface area (Å²) < 4.78 is 41.2. The summed E-state index contributed by atoms with van der Waals surface area (Å²) >= 11 is 0. The van der Waals surface area contributed by atoms with Crippen molar-refractivity contribution in [2.75, 3.05) is 7.11 Å². The third-order valence-corrected chi connectivity index (χ3v) is 5.31. The van der Waals surface area contributed by atoms with Gasteiger partial charge in [0.05, 0.1) is 23.2 Å². The second kappa shape index (κ2) is 5.28. The summed E-state index contributed by atoms with van der Waals surface area (Å²) in [6.45, 7) is 4.75. The monoisotopic (exact) mass is 288 g/mol. The van der Waals surface area contributed by atoms with E-state index >= 15 is 0 Å². The third kappa shape index (κ3) is 3.53. The van der Waals surface area contributed by atoms with Gasteiger partial charge < -0.3 is 4.74 Å². The third-order valence-electron chi connectivity index (χ3n) is 2.73. The second-order valence-corrected chi connectivity index (χ2v) is 7.92. The molecule has 0 aliphatic carbocycles. The fourth-order valence-corrected chi connectivity index (χ4v) is 2.41. The van der Waals surface area contributed by atoms with Crippen LogP contribution in [0.15, 0.2) is 18.2 Å². The van der Waals surface area contributed by atoms with Crippen molar-refractivity contribution in [1.29, 1.82) is 0 Å². The first-order chi connectivity index (χ1) is 8.58. The number of hydrogen-bond acceptors (Lipinski definition) is 4. The van der Waals surface area contributed by atoms with Gasteiger partial charge >= 0.3 is 5.97 Å². The van der Waals surface area contributed by atoms with Gasteiger partial charge in [0.1, 0.15) is 5.82 Å². The molecule has 1 aromatic carbocycles. The lowest BCUT2D eigenvalue weighted by Crippen LogP contribution is -2.29. The number of hydrogen-bond donors (Lipinski definition) is 0. The Morgan fingerprint density at radius 2 is 1.89 bits per heavy atom. The largest absolute Gasteiger partial charge is 0.465 e. The number of carbonyl (C=O) groups is 1. The van der Waals surface area contributed by atoms with Gasteiger partial charge in [-0.05, 0) is 38.5 Å². The lowest BCUT2D eigenvalue weighted by atomic mass is 10.1. The minimum Gasteiger partial charge on any atom is -0.465 e. The summed E-state index contributed by atoms with van der Waals surface area (Å²) in [5, 5.41) is 0. The van der Waals surface area contributed by atoms with Gasteiger partial charge in [-0.2, -0.15) is 0 Å². The Morgan fingerprint density at radius 1 is 1.32 bits per heavy atom. The molecule has 0 saturated carbocycles. The first kappa shape index (κ1) is 15.6. The molecule has 1 aromatic rings. The minimum atomic E-state index is -3.39. The highest BCUT2D eigenvalue weighted by molar-refractivity contribution is 7.91. The molecule has 0 aliphatic heterocycles. The number of methoxy groups -OCH3 is 1. The van der Waals surface area contributed by atoms with Crippen LogP contribution in [-0.4, -0.2) is 26.2 Å². The standard InChI is InChI=1S/C13H17FO4S/c1-13(2,3)19(16,17)8-9-5-6-10(11(14)7-9)12(15)18-4/h5-7H,8H2,1-4H3. The highest BCUT2D eigenvalue weighted by Crippen LogP contribution is 2.21. The van der Waals surface area contributed by atoms with Crippen molar-refractivity contribution in [3.63, 3.8) is 0 Å². The van der Waals surface area contributed by atoms with Crippen molar-refractivity contribution in [2.45, 2.75) is 31.3 Å². The van der Waals surface area contributed by atoms with Crippen LogP contribution in [0.3, 0.4) is 0 Å². The summed E-state index contributed by atoms with van der Waals surface area (Å²) in [7, 11) is -2.24. The van der Waals surface area contributed by atoms with Gasteiger partial charge in [-0.25, -0.2) is 17.6 Å². The lowest BCUT2D eigenvalue weighted by molar-refractivity contribution is 0.0595. The average Bonchev–Trinajstić information content (AvgIpc) is 2.26. The van der Waals surface area contributed by atoms with Gasteiger partial charge in [0.15, 0.2) is 9.84 Å². The molecule has 0 aliphatic rings. The van der Waals surface area contributed by atoms with E-state index < -0.39 is 26.4 Å². The molecular formula is C13H17FO4S. The maximum absolute atomic E-state index is 13.7. The fourth-order valence-electron chi connectivity index (χ4n) is 1.36. The Labute approximate surface area is 112 Å². The zero-order valence-corrected chi connectivity index (χ0v) is 12.2. The maximum atomic E-state index is 13.7. The molecule has 0 atom stereocenters. The molecule has 0 unspecified atom stereocenters. The number of benzene rings is 1. The topological polar surface area (TPSA) is 60.4 Å². The van der Waals surface area contributed by atoms with Crippen LogP contribution in [0, 0.1) is 5.82 Å². The molecule has 6 heteroatoms. The van der Waals surface area contributed by atoms with Crippen molar-refractivity contribution in [2.24, 2.45) is 0 Å². The summed E-state index contributed by atoms with van der Waals surface area (Å²) in [6.07, 6.45) is 0. The minimum absolute atomic E-state index is 0.209. The van der Waals surface area contributed by atoms with Crippen LogP contribution in [-0.2, 0) is 20.3 Å². The average molecular weight is 288 g/mol. The van der Waals surface area contributed by atoms with E-state index in [1.165, 1.54) is 12.1 Å². The molecule has 0 spiro atoms. The Bertz CT molecular complexity index is 585. The number of rotatable bonds is 3. The fraction of sp³-hybridized carbons (Fsp3) is 0.462. The molecule has 0 aromatic heterocycles. The zero-order chi connectivity index (χ0) is 14.8. The van der Waals surface area contributed by atoms with Crippen molar-refractivity contribution >= 4 is 15.8 Å². The van der Waals surface area contributed by atoms with Crippen LogP contribution >= 0.6 is 0 Å². The Hall–Kier alpha value is -1.43. The molecule has 0 N–H and O–H groups in total. The Balaban J connectivity index is 3.07. The number of carbonyl (C=O) groups excluding carboxylic acids is 1. The second-order valence-electron chi connectivity index (χ2n) is 5.18. The van der Waals surface area contributed by atoms with Crippen LogP contribution in [0.5, 0.6) is 0 Å². The van der Waals surface area contributed by atoms with Gasteiger partial charge in [0, 0.05) is 0 Å². The van der Waals surface area contributed by atoms with Crippen LogP contribution < -0.4 is 0 Å². The van der Waals surface area contributed by atoms with Gasteiger partial charge in [-0.1, -0.05) is 6.07 Å². The summed E-state index contributed by atoms with van der Waals surface area (Å²) in [4.78, 5) is 11.2. The summed E-state index contributed by atoms with van der Waals surface area (Å²) in [6, 6.07) is 3.70. The summed E-state index contributed by atoms with van der Waals surface area (Å²) in [5.74, 6) is -1.84. The van der Waals surface area contributed by atoms with Crippen molar-refractivity contribution in [1.82, 2.24) is 0 Å². The lowest BCUT2D eigenvalue weighted by Gasteiger charge is -2.19. The molecule has 0 heterocycles. The molecule has 106 valence electrons. The molecular weight excluding hydrogens is 271 g/mol. The predicted octanol–water partition coefficient (Wildman–Crippen LogP) is 2.33. The van der Waals surface area contributed by atoms with Gasteiger partial charge in [-0.15, -0.1) is 0 Å². The van der Waals surface area contributed by atoms with Crippen LogP contribution in [0.25, 0.3) is 0 Å². The van der Waals surface area contributed by atoms with Crippen molar-refractivity contribution in [3.8, 4) is 0 Å². The predicted molar refractivity (Wildman–Crippen MR) is 70.1 cm³/mol. The van der Waals surface area contributed by atoms with E-state index in [-0.39, 0.29) is 11.3 Å². The zero-order valence-electron chi connectivity index (χ0n) is 11.4. The number of halogens is 1. The smallest absolute Gasteiger partial charge is 0.340 e. The van der Waals surface area contributed by atoms with Crippen LogP contribution in [0.2, 0.25) is 0 Å². The first-order valence-electron chi connectivity index (χ1n) is 5.67. The number of ether oxygens (including phenoxy) is 1. The van der Waals surface area contributed by atoms with E-state index in [4.69, 9.17) is 0 Å². The highest BCUT2D eigenvalue weighted by Gasteiger charge is 2.29. The van der Waals surface area contributed by atoms with Crippen molar-refractivity contribution < 1.29 is 22.3 Å². The van der Waals surface area contributed by atoms with E-state index in [2.05, 4.69) is 4.74 Å². The quantitative estimate of drug-likeness (QED) is 0.801. The van der Waals surface area contributed by atoms with E-state index in [9.17, 15) is 17.6 Å². The number of sulfone groups is 1.